The van der Waals surface area contributed by atoms with Gasteiger partial charge in [-0.1, -0.05) is 0 Å². The fourth-order valence-corrected chi connectivity index (χ4v) is 2.35. The Labute approximate surface area is 64.0 Å². The molecule has 1 heterocycles. The summed E-state index contributed by atoms with van der Waals surface area (Å²) in [6.07, 6.45) is 0.956. The van der Waals surface area contributed by atoms with Gasteiger partial charge < -0.3 is 10.8 Å². The summed E-state index contributed by atoms with van der Waals surface area (Å²) in [4.78, 5) is 10.4. The minimum atomic E-state index is -0.868. The monoisotopic (exact) mass is 161 g/mol. The zero-order valence-corrected chi connectivity index (χ0v) is 6.43. The molecule has 3 nitrogen and oxygen atoms in total. The zero-order valence-electron chi connectivity index (χ0n) is 5.62. The van der Waals surface area contributed by atoms with Crippen molar-refractivity contribution in [2.24, 2.45) is 11.7 Å². The second-order valence-corrected chi connectivity index (χ2v) is 3.64. The van der Waals surface area contributed by atoms with Crippen molar-refractivity contribution in [1.82, 2.24) is 0 Å². The fraction of sp³-hybridized carbons (Fsp3) is 0.833. The highest BCUT2D eigenvalue weighted by atomic mass is 32.2. The van der Waals surface area contributed by atoms with Crippen molar-refractivity contribution in [2.45, 2.75) is 12.5 Å². The summed E-state index contributed by atoms with van der Waals surface area (Å²) in [5.74, 6) is 1.30. The highest BCUT2D eigenvalue weighted by Crippen LogP contribution is 2.25. The van der Waals surface area contributed by atoms with Crippen molar-refractivity contribution in [3.8, 4) is 0 Å². The normalized spacial score (nSPS) is 28.3. The summed E-state index contributed by atoms with van der Waals surface area (Å²) in [6.45, 7) is 0. The van der Waals surface area contributed by atoms with Crippen LogP contribution in [0.3, 0.4) is 0 Å². The van der Waals surface area contributed by atoms with Crippen LogP contribution in [-0.2, 0) is 4.79 Å². The lowest BCUT2D eigenvalue weighted by Crippen LogP contribution is -2.37. The summed E-state index contributed by atoms with van der Waals surface area (Å²) in [7, 11) is 0. The highest BCUT2D eigenvalue weighted by Gasteiger charge is 2.27. The van der Waals surface area contributed by atoms with Crippen molar-refractivity contribution in [3.05, 3.63) is 0 Å². The molecule has 58 valence electrons. The molecule has 0 aromatic rings. The Morgan fingerprint density at radius 1 is 1.80 bits per heavy atom. The molecular formula is C6H11NO2S. The Balaban J connectivity index is 2.39. The Hall–Kier alpha value is -0.220. The van der Waals surface area contributed by atoms with Crippen LogP contribution in [0.2, 0.25) is 0 Å². The average Bonchev–Trinajstić information content (AvgIpc) is 2.36. The number of thioether (sulfide) groups is 1. The Morgan fingerprint density at radius 3 is 2.90 bits per heavy atom. The van der Waals surface area contributed by atoms with Gasteiger partial charge in [-0.3, -0.25) is 4.79 Å². The average molecular weight is 161 g/mol. The third-order valence-corrected chi connectivity index (χ3v) is 2.95. The molecule has 1 fully saturated rings. The van der Waals surface area contributed by atoms with E-state index < -0.39 is 12.0 Å². The minimum Gasteiger partial charge on any atom is -0.480 e. The molecule has 0 spiro atoms. The number of hydrogen-bond acceptors (Lipinski definition) is 3. The third kappa shape index (κ3) is 1.64. The van der Waals surface area contributed by atoms with E-state index in [-0.39, 0.29) is 5.92 Å². The molecule has 1 aliphatic heterocycles. The van der Waals surface area contributed by atoms with Gasteiger partial charge in [0.05, 0.1) is 0 Å². The first-order valence-electron chi connectivity index (χ1n) is 3.28. The SMILES string of the molecule is N[C@H](C(=O)O)C1CCSC1. The van der Waals surface area contributed by atoms with Crippen LogP contribution < -0.4 is 5.73 Å². The van der Waals surface area contributed by atoms with Crippen LogP contribution in [-0.4, -0.2) is 28.6 Å². The van der Waals surface area contributed by atoms with E-state index in [1.807, 2.05) is 0 Å². The van der Waals surface area contributed by atoms with Crippen molar-refractivity contribution >= 4 is 17.7 Å². The molecule has 1 unspecified atom stereocenters. The first-order chi connectivity index (χ1) is 4.72. The van der Waals surface area contributed by atoms with Crippen LogP contribution in [0.1, 0.15) is 6.42 Å². The molecule has 1 aliphatic rings. The predicted molar refractivity (Wildman–Crippen MR) is 41.0 cm³/mol. The number of hydrogen-bond donors (Lipinski definition) is 2. The molecule has 0 aliphatic carbocycles. The summed E-state index contributed by atoms with van der Waals surface area (Å²) >= 11 is 1.78. The predicted octanol–water partition coefficient (Wildman–Crippen LogP) is 0.151. The number of carboxylic acids is 1. The second kappa shape index (κ2) is 3.25. The van der Waals surface area contributed by atoms with Crippen LogP contribution in [0.5, 0.6) is 0 Å². The first kappa shape index (κ1) is 7.88. The largest absolute Gasteiger partial charge is 0.480 e. The Morgan fingerprint density at radius 2 is 2.50 bits per heavy atom. The van der Waals surface area contributed by atoms with Crippen molar-refractivity contribution in [3.63, 3.8) is 0 Å². The number of nitrogens with two attached hydrogens (primary N) is 1. The van der Waals surface area contributed by atoms with Crippen molar-refractivity contribution < 1.29 is 9.90 Å². The van der Waals surface area contributed by atoms with E-state index in [2.05, 4.69) is 0 Å². The lowest BCUT2D eigenvalue weighted by molar-refractivity contribution is -0.139. The van der Waals surface area contributed by atoms with Crippen LogP contribution in [0.25, 0.3) is 0 Å². The summed E-state index contributed by atoms with van der Waals surface area (Å²) in [5, 5.41) is 8.51. The second-order valence-electron chi connectivity index (χ2n) is 2.49. The molecular weight excluding hydrogens is 150 g/mol. The summed E-state index contributed by atoms with van der Waals surface area (Å²) in [6, 6.07) is -0.644. The van der Waals surface area contributed by atoms with Crippen LogP contribution in [0.4, 0.5) is 0 Å². The van der Waals surface area contributed by atoms with E-state index in [0.29, 0.717) is 0 Å². The van der Waals surface area contributed by atoms with Gasteiger partial charge in [0, 0.05) is 0 Å². The summed E-state index contributed by atoms with van der Waals surface area (Å²) < 4.78 is 0. The van der Waals surface area contributed by atoms with Gasteiger partial charge in [-0.05, 0) is 23.8 Å². The molecule has 3 N–H and O–H groups in total. The molecule has 10 heavy (non-hydrogen) atoms. The maximum absolute atomic E-state index is 10.4. The van der Waals surface area contributed by atoms with E-state index in [1.54, 1.807) is 11.8 Å². The first-order valence-corrected chi connectivity index (χ1v) is 4.43. The molecule has 2 atom stereocenters. The summed E-state index contributed by atoms with van der Waals surface area (Å²) in [5.41, 5.74) is 5.41. The number of carbonyl (C=O) groups is 1. The molecule has 0 bridgehead atoms. The van der Waals surface area contributed by atoms with Crippen LogP contribution in [0, 0.1) is 5.92 Å². The number of carboxylic acid groups (broad SMARTS) is 1. The topological polar surface area (TPSA) is 63.3 Å². The standard InChI is InChI=1S/C6H11NO2S/c7-5(6(8)9)4-1-2-10-3-4/h4-5H,1-3,7H2,(H,8,9)/t4?,5-/m0/s1. The molecule has 0 saturated carbocycles. The van der Waals surface area contributed by atoms with Gasteiger partial charge in [0.1, 0.15) is 6.04 Å². The van der Waals surface area contributed by atoms with Crippen molar-refractivity contribution in [1.29, 1.82) is 0 Å². The molecule has 0 aromatic heterocycles. The maximum atomic E-state index is 10.4. The zero-order chi connectivity index (χ0) is 7.56. The van der Waals surface area contributed by atoms with Crippen LogP contribution in [0.15, 0.2) is 0 Å². The molecule has 1 rings (SSSR count). The number of aliphatic carboxylic acids is 1. The van der Waals surface area contributed by atoms with E-state index in [4.69, 9.17) is 10.8 Å². The van der Waals surface area contributed by atoms with Gasteiger partial charge in [-0.25, -0.2) is 0 Å². The quantitative estimate of drug-likeness (QED) is 0.605. The van der Waals surface area contributed by atoms with Gasteiger partial charge in [-0.15, -0.1) is 0 Å². The molecule has 0 radical (unpaired) electrons. The van der Waals surface area contributed by atoms with E-state index in [1.165, 1.54) is 0 Å². The lowest BCUT2D eigenvalue weighted by atomic mass is 10.0. The fourth-order valence-electron chi connectivity index (χ4n) is 1.04. The molecule has 4 heteroatoms. The van der Waals surface area contributed by atoms with Gasteiger partial charge in [-0.2, -0.15) is 11.8 Å². The van der Waals surface area contributed by atoms with Gasteiger partial charge >= 0.3 is 5.97 Å². The number of rotatable bonds is 2. The van der Waals surface area contributed by atoms with E-state index in [9.17, 15) is 4.79 Å². The van der Waals surface area contributed by atoms with Gasteiger partial charge in [0.25, 0.3) is 0 Å². The maximum Gasteiger partial charge on any atom is 0.320 e. The Kier molecular flexibility index (Phi) is 2.56. The van der Waals surface area contributed by atoms with Crippen molar-refractivity contribution in [2.75, 3.05) is 11.5 Å². The van der Waals surface area contributed by atoms with Crippen LogP contribution >= 0.6 is 11.8 Å². The lowest BCUT2D eigenvalue weighted by Gasteiger charge is -2.11. The molecule has 0 amide bonds. The highest BCUT2D eigenvalue weighted by molar-refractivity contribution is 7.99. The molecule has 0 aromatic carbocycles. The molecule has 1 saturated heterocycles. The minimum absolute atomic E-state index is 0.197. The third-order valence-electron chi connectivity index (χ3n) is 1.76. The smallest absolute Gasteiger partial charge is 0.320 e. The van der Waals surface area contributed by atoms with E-state index in [0.717, 1.165) is 17.9 Å². The van der Waals surface area contributed by atoms with E-state index >= 15 is 0 Å². The van der Waals surface area contributed by atoms with Gasteiger partial charge in [0.2, 0.25) is 0 Å². The van der Waals surface area contributed by atoms with Gasteiger partial charge in [0.15, 0.2) is 0 Å². The Bertz CT molecular complexity index is 134.